The van der Waals surface area contributed by atoms with Gasteiger partial charge in [0.2, 0.25) is 0 Å². The average molecular weight is 491 g/mol. The van der Waals surface area contributed by atoms with E-state index in [-0.39, 0.29) is 41.7 Å². The van der Waals surface area contributed by atoms with Crippen LogP contribution < -0.4 is 10.6 Å². The molecule has 0 bridgehead atoms. The lowest BCUT2D eigenvalue weighted by Gasteiger charge is -2.59. The Morgan fingerprint density at radius 3 is 2.34 bits per heavy atom. The van der Waals surface area contributed by atoms with Crippen LogP contribution in [0.25, 0.3) is 0 Å². The normalized spacial score (nSPS) is 38.6. The van der Waals surface area contributed by atoms with Gasteiger partial charge in [-0.2, -0.15) is 0 Å². The summed E-state index contributed by atoms with van der Waals surface area (Å²) in [5.74, 6) is 1.70. The summed E-state index contributed by atoms with van der Waals surface area (Å²) in [6.45, 7) is 10.2. The third-order valence-corrected chi connectivity index (χ3v) is 9.45. The van der Waals surface area contributed by atoms with Crippen LogP contribution in [-0.4, -0.2) is 48.5 Å². The lowest BCUT2D eigenvalue weighted by molar-refractivity contribution is -0.160. The van der Waals surface area contributed by atoms with E-state index in [0.717, 1.165) is 32.1 Å². The molecule has 7 atom stereocenters. The van der Waals surface area contributed by atoms with Crippen molar-refractivity contribution in [3.8, 4) is 0 Å². The molecule has 0 aliphatic heterocycles. The molecule has 8 nitrogen and oxygen atoms in total. The van der Waals surface area contributed by atoms with Gasteiger partial charge in [-0.3, -0.25) is 9.59 Å². The molecule has 0 spiro atoms. The summed E-state index contributed by atoms with van der Waals surface area (Å²) in [5.41, 5.74) is -0.893. The summed E-state index contributed by atoms with van der Waals surface area (Å²) in [6, 6.07) is 0. The fraction of sp³-hybridized carbons (Fsp3) is 0.852. The predicted molar refractivity (Wildman–Crippen MR) is 130 cm³/mol. The number of hydrogen-bond acceptors (Lipinski definition) is 6. The molecule has 4 aliphatic carbocycles. The first-order chi connectivity index (χ1) is 16.3. The number of ketones is 2. The largest absolute Gasteiger partial charge is 0.446 e. The van der Waals surface area contributed by atoms with Crippen LogP contribution in [0.5, 0.6) is 0 Å². The first kappa shape index (κ1) is 26.0. The lowest BCUT2D eigenvalue weighted by Crippen LogP contribution is -2.57. The van der Waals surface area contributed by atoms with E-state index < -0.39 is 17.8 Å². The van der Waals surface area contributed by atoms with Gasteiger partial charge in [-0.25, -0.2) is 9.59 Å². The second-order valence-electron chi connectivity index (χ2n) is 12.7. The van der Waals surface area contributed by atoms with Crippen LogP contribution in [0.15, 0.2) is 0 Å². The van der Waals surface area contributed by atoms with E-state index in [1.807, 2.05) is 0 Å². The SMILES string of the molecule is CC(C)(C)OC(=O)NCCNC(=O)OC1CC[C@@]2(C)C(C1)C(=O)C[C@@H]1[C@H]2CC[C@]2(C)C(=O)CC[C@@H]12. The molecule has 0 saturated heterocycles. The second kappa shape index (κ2) is 9.40. The third kappa shape index (κ3) is 5.08. The molecule has 4 saturated carbocycles. The number of fused-ring (bicyclic) bond motifs is 5. The highest BCUT2D eigenvalue weighted by Crippen LogP contribution is 2.64. The van der Waals surface area contributed by atoms with Crippen LogP contribution in [0.4, 0.5) is 9.59 Å². The summed E-state index contributed by atoms with van der Waals surface area (Å²) in [7, 11) is 0. The van der Waals surface area contributed by atoms with E-state index in [1.165, 1.54) is 0 Å². The Kier molecular flexibility index (Phi) is 6.97. The highest BCUT2D eigenvalue weighted by atomic mass is 16.6. The Bertz CT molecular complexity index is 881. The molecular formula is C27H42N2O6. The molecule has 2 N–H and O–H groups in total. The number of rotatable bonds is 4. The first-order valence-corrected chi connectivity index (χ1v) is 13.3. The molecule has 4 aliphatic rings. The lowest BCUT2D eigenvalue weighted by atomic mass is 9.45. The van der Waals surface area contributed by atoms with Gasteiger partial charge in [-0.05, 0) is 82.5 Å². The van der Waals surface area contributed by atoms with E-state index in [0.29, 0.717) is 42.8 Å². The second-order valence-corrected chi connectivity index (χ2v) is 12.7. The monoisotopic (exact) mass is 490 g/mol. The van der Waals surface area contributed by atoms with Gasteiger partial charge in [0.25, 0.3) is 0 Å². The average Bonchev–Trinajstić information content (AvgIpc) is 3.06. The summed E-state index contributed by atoms with van der Waals surface area (Å²) < 4.78 is 10.8. The maximum absolute atomic E-state index is 13.4. The van der Waals surface area contributed by atoms with Crippen molar-refractivity contribution in [2.75, 3.05) is 13.1 Å². The smallest absolute Gasteiger partial charge is 0.407 e. The van der Waals surface area contributed by atoms with Crippen molar-refractivity contribution in [2.45, 2.75) is 97.7 Å². The molecule has 4 fully saturated rings. The fourth-order valence-electron chi connectivity index (χ4n) is 7.72. The van der Waals surface area contributed by atoms with Crippen molar-refractivity contribution in [1.82, 2.24) is 10.6 Å². The summed E-state index contributed by atoms with van der Waals surface area (Å²) >= 11 is 0. The van der Waals surface area contributed by atoms with Gasteiger partial charge in [0.15, 0.2) is 0 Å². The molecule has 0 radical (unpaired) electrons. The number of carbonyl (C=O) groups is 4. The van der Waals surface area contributed by atoms with Gasteiger partial charge >= 0.3 is 12.2 Å². The summed E-state index contributed by atoms with van der Waals surface area (Å²) in [5, 5.41) is 5.27. The van der Waals surface area contributed by atoms with Gasteiger partial charge in [-0.1, -0.05) is 13.8 Å². The van der Waals surface area contributed by atoms with Crippen LogP contribution in [0.2, 0.25) is 0 Å². The van der Waals surface area contributed by atoms with Crippen LogP contribution in [0.3, 0.4) is 0 Å². The van der Waals surface area contributed by atoms with Gasteiger partial charge in [0.1, 0.15) is 23.3 Å². The first-order valence-electron chi connectivity index (χ1n) is 13.3. The number of ether oxygens (including phenoxy) is 2. The van der Waals surface area contributed by atoms with Crippen LogP contribution in [0, 0.1) is 34.5 Å². The summed E-state index contributed by atoms with van der Waals surface area (Å²) in [4.78, 5) is 50.0. The zero-order valence-electron chi connectivity index (χ0n) is 21.9. The molecule has 8 heteroatoms. The Balaban J connectivity index is 1.28. The highest BCUT2D eigenvalue weighted by molar-refractivity contribution is 5.88. The maximum atomic E-state index is 13.4. The zero-order chi connectivity index (χ0) is 25.6. The molecule has 2 unspecified atom stereocenters. The standard InChI is InChI=1S/C27H42N2O6/c1-25(2,3)35-24(33)29-13-12-28-23(32)34-16-8-10-26(4)19-9-11-27(5)18(6-7-22(27)31)17(19)15-21(30)20(26)14-16/h16-20H,6-15H2,1-5H3,(H,28,32)(H,29,33)/t16?,17-,18-,19+,20?,26+,27-/m0/s1. The number of Topliss-reactive ketones (excluding diaryl/α,β-unsaturated/α-hetero) is 2. The van der Waals surface area contributed by atoms with Crippen LogP contribution in [-0.2, 0) is 19.1 Å². The minimum Gasteiger partial charge on any atom is -0.446 e. The fourth-order valence-corrected chi connectivity index (χ4v) is 7.72. The Morgan fingerprint density at radius 2 is 1.66 bits per heavy atom. The maximum Gasteiger partial charge on any atom is 0.407 e. The third-order valence-electron chi connectivity index (χ3n) is 9.45. The van der Waals surface area contributed by atoms with E-state index >= 15 is 0 Å². The van der Waals surface area contributed by atoms with Gasteiger partial charge in [0, 0.05) is 37.3 Å². The molecular weight excluding hydrogens is 448 g/mol. The zero-order valence-corrected chi connectivity index (χ0v) is 21.9. The minimum absolute atomic E-state index is 0.0827. The van der Waals surface area contributed by atoms with Crippen LogP contribution >= 0.6 is 0 Å². The van der Waals surface area contributed by atoms with Crippen molar-refractivity contribution in [3.63, 3.8) is 0 Å². The van der Waals surface area contributed by atoms with Gasteiger partial charge in [-0.15, -0.1) is 0 Å². The van der Waals surface area contributed by atoms with E-state index in [2.05, 4.69) is 24.5 Å². The van der Waals surface area contributed by atoms with Crippen LogP contribution in [0.1, 0.15) is 86.0 Å². The molecule has 196 valence electrons. The predicted octanol–water partition coefficient (Wildman–Crippen LogP) is 4.40. The Hall–Kier alpha value is -2.12. The number of carbonyl (C=O) groups excluding carboxylic acids is 4. The van der Waals surface area contributed by atoms with Crippen molar-refractivity contribution in [1.29, 1.82) is 0 Å². The number of amides is 2. The van der Waals surface area contributed by atoms with Crippen molar-refractivity contribution in [2.24, 2.45) is 34.5 Å². The summed E-state index contributed by atoms with van der Waals surface area (Å²) in [6.07, 6.45) is 4.95. The van der Waals surface area contributed by atoms with Gasteiger partial charge < -0.3 is 20.1 Å². The molecule has 2 amide bonds. The van der Waals surface area contributed by atoms with Crippen molar-refractivity contribution < 1.29 is 28.7 Å². The number of hydrogen-bond donors (Lipinski definition) is 2. The molecule has 0 heterocycles. The Labute approximate surface area is 208 Å². The number of nitrogens with one attached hydrogen (secondary N) is 2. The Morgan fingerprint density at radius 1 is 0.971 bits per heavy atom. The molecule has 0 aromatic heterocycles. The van der Waals surface area contributed by atoms with E-state index in [9.17, 15) is 19.2 Å². The highest BCUT2D eigenvalue weighted by Gasteiger charge is 2.62. The molecule has 0 aromatic carbocycles. The molecule has 0 aromatic rings. The van der Waals surface area contributed by atoms with Crippen molar-refractivity contribution >= 4 is 23.8 Å². The van der Waals surface area contributed by atoms with E-state index in [4.69, 9.17) is 9.47 Å². The molecule has 4 rings (SSSR count). The van der Waals surface area contributed by atoms with E-state index in [1.54, 1.807) is 20.8 Å². The number of alkyl carbamates (subject to hydrolysis) is 2. The molecule has 35 heavy (non-hydrogen) atoms. The van der Waals surface area contributed by atoms with Gasteiger partial charge in [0.05, 0.1) is 0 Å². The quantitative estimate of drug-likeness (QED) is 0.565. The van der Waals surface area contributed by atoms with Crippen molar-refractivity contribution in [3.05, 3.63) is 0 Å². The topological polar surface area (TPSA) is 111 Å². The minimum atomic E-state index is -0.575.